The number of aryl methyl sites for hydroxylation is 1. The molecule has 0 amide bonds. The monoisotopic (exact) mass is 530 g/mol. The Bertz CT molecular complexity index is 1540. The SMILES string of the molecule is Cc1cccc(-c2ccc(-c3cc4cnc(NC5COC5)nc4n(C[C@H]4CC[C@H](N)CC4)c3=O)c(Cl)c2)n1. The van der Waals surface area contributed by atoms with E-state index in [1.807, 2.05) is 54.0 Å². The summed E-state index contributed by atoms with van der Waals surface area (Å²) in [5.41, 5.74) is 10.6. The van der Waals surface area contributed by atoms with Crippen molar-refractivity contribution in [2.24, 2.45) is 11.7 Å². The van der Waals surface area contributed by atoms with Crippen LogP contribution in [-0.2, 0) is 11.3 Å². The molecule has 2 aliphatic rings. The molecule has 3 aromatic heterocycles. The lowest BCUT2D eigenvalue weighted by Gasteiger charge is -2.28. The van der Waals surface area contributed by atoms with E-state index >= 15 is 0 Å². The van der Waals surface area contributed by atoms with Crippen LogP contribution in [0.25, 0.3) is 33.4 Å². The minimum Gasteiger partial charge on any atom is -0.377 e. The summed E-state index contributed by atoms with van der Waals surface area (Å²) in [4.78, 5) is 27.9. The number of pyridine rings is 2. The van der Waals surface area contributed by atoms with Gasteiger partial charge in [-0.25, -0.2) is 4.98 Å². The maximum Gasteiger partial charge on any atom is 0.260 e. The summed E-state index contributed by atoms with van der Waals surface area (Å²) in [6.45, 7) is 3.80. The summed E-state index contributed by atoms with van der Waals surface area (Å²) >= 11 is 6.80. The third-order valence-electron chi connectivity index (χ3n) is 7.57. The van der Waals surface area contributed by atoms with Crippen LogP contribution in [0.5, 0.6) is 0 Å². The van der Waals surface area contributed by atoms with Crippen LogP contribution in [0.3, 0.4) is 0 Å². The Morgan fingerprint density at radius 1 is 1.08 bits per heavy atom. The maximum absolute atomic E-state index is 14.0. The predicted molar refractivity (Wildman–Crippen MR) is 150 cm³/mol. The summed E-state index contributed by atoms with van der Waals surface area (Å²) in [5, 5.41) is 4.60. The highest BCUT2D eigenvalue weighted by Gasteiger charge is 2.24. The van der Waals surface area contributed by atoms with E-state index in [0.29, 0.717) is 53.4 Å². The van der Waals surface area contributed by atoms with Crippen LogP contribution in [0.15, 0.2) is 53.5 Å². The molecule has 0 unspecified atom stereocenters. The molecular weight excluding hydrogens is 500 g/mol. The zero-order valence-electron chi connectivity index (χ0n) is 21.4. The van der Waals surface area contributed by atoms with Crippen molar-refractivity contribution in [3.05, 3.63) is 69.7 Å². The fourth-order valence-corrected chi connectivity index (χ4v) is 5.60. The molecule has 38 heavy (non-hydrogen) atoms. The van der Waals surface area contributed by atoms with Gasteiger partial charge in [-0.1, -0.05) is 29.8 Å². The molecule has 1 saturated heterocycles. The fourth-order valence-electron chi connectivity index (χ4n) is 5.32. The molecule has 0 atom stereocenters. The molecule has 6 rings (SSSR count). The fraction of sp³-hybridized carbons (Fsp3) is 0.379. The topological polar surface area (TPSA) is 108 Å². The zero-order chi connectivity index (χ0) is 26.2. The van der Waals surface area contributed by atoms with Crippen molar-refractivity contribution < 1.29 is 4.74 Å². The van der Waals surface area contributed by atoms with Gasteiger partial charge in [-0.3, -0.25) is 14.3 Å². The average Bonchev–Trinajstić information content (AvgIpc) is 2.89. The van der Waals surface area contributed by atoms with Crippen LogP contribution < -0.4 is 16.6 Å². The van der Waals surface area contributed by atoms with E-state index in [1.165, 1.54) is 0 Å². The van der Waals surface area contributed by atoms with E-state index in [-0.39, 0.29) is 17.6 Å². The molecule has 196 valence electrons. The third-order valence-corrected chi connectivity index (χ3v) is 7.89. The van der Waals surface area contributed by atoms with E-state index in [1.54, 1.807) is 6.20 Å². The van der Waals surface area contributed by atoms with Gasteiger partial charge >= 0.3 is 0 Å². The molecule has 0 spiro atoms. The Balaban J connectivity index is 1.43. The molecule has 1 aliphatic heterocycles. The second kappa shape index (κ2) is 10.4. The van der Waals surface area contributed by atoms with Crippen LogP contribution in [0.2, 0.25) is 5.02 Å². The van der Waals surface area contributed by atoms with Crippen LogP contribution in [-0.4, -0.2) is 44.8 Å². The molecule has 8 nitrogen and oxygen atoms in total. The number of anilines is 1. The number of aromatic nitrogens is 4. The second-order valence-corrected chi connectivity index (χ2v) is 10.9. The van der Waals surface area contributed by atoms with Crippen molar-refractivity contribution in [3.63, 3.8) is 0 Å². The molecule has 4 heterocycles. The Labute approximate surface area is 226 Å². The van der Waals surface area contributed by atoms with Crippen LogP contribution in [0, 0.1) is 12.8 Å². The number of fused-ring (bicyclic) bond motifs is 1. The highest BCUT2D eigenvalue weighted by molar-refractivity contribution is 6.33. The lowest BCUT2D eigenvalue weighted by Crippen LogP contribution is -2.40. The standard InChI is InChI=1S/C29H31ClN6O2/c1-17-3-2-4-26(33-17)19-7-10-23(25(30)12-19)24-11-20-13-32-29(34-22-15-38-16-22)35-27(20)36(28(24)37)14-18-5-8-21(31)9-6-18/h2-4,7,10-13,18,21-22H,5-6,8-9,14-16,31H2,1H3,(H,32,34,35)/t18-,21-. The van der Waals surface area contributed by atoms with E-state index in [9.17, 15) is 4.79 Å². The summed E-state index contributed by atoms with van der Waals surface area (Å²) < 4.78 is 7.07. The van der Waals surface area contributed by atoms with Gasteiger partial charge in [0.25, 0.3) is 5.56 Å². The van der Waals surface area contributed by atoms with Gasteiger partial charge in [0.1, 0.15) is 5.65 Å². The molecule has 4 aromatic rings. The van der Waals surface area contributed by atoms with Crippen molar-refractivity contribution in [3.8, 4) is 22.4 Å². The quantitative estimate of drug-likeness (QED) is 0.368. The van der Waals surface area contributed by atoms with Crippen LogP contribution in [0.4, 0.5) is 5.95 Å². The molecule has 3 N–H and O–H groups in total. The first-order valence-electron chi connectivity index (χ1n) is 13.2. The summed E-state index contributed by atoms with van der Waals surface area (Å²) in [5.74, 6) is 0.869. The first kappa shape index (κ1) is 25.0. The smallest absolute Gasteiger partial charge is 0.260 e. The summed E-state index contributed by atoms with van der Waals surface area (Å²) in [6, 6.07) is 13.9. The van der Waals surface area contributed by atoms with E-state index in [2.05, 4.69) is 15.3 Å². The van der Waals surface area contributed by atoms with Gasteiger partial charge in [0, 0.05) is 51.6 Å². The van der Waals surface area contributed by atoms with Gasteiger partial charge in [0.05, 0.1) is 24.9 Å². The normalized spacial score (nSPS) is 19.9. The van der Waals surface area contributed by atoms with E-state index in [4.69, 9.17) is 27.1 Å². The van der Waals surface area contributed by atoms with Crippen molar-refractivity contribution in [2.75, 3.05) is 18.5 Å². The van der Waals surface area contributed by atoms with Crippen molar-refractivity contribution in [2.45, 2.75) is 51.2 Å². The van der Waals surface area contributed by atoms with Gasteiger partial charge in [0.15, 0.2) is 0 Å². The molecule has 2 fully saturated rings. The lowest BCUT2D eigenvalue weighted by atomic mass is 9.86. The van der Waals surface area contributed by atoms with E-state index in [0.717, 1.165) is 48.0 Å². The number of hydrogen-bond acceptors (Lipinski definition) is 7. The Morgan fingerprint density at radius 2 is 1.89 bits per heavy atom. The molecule has 1 saturated carbocycles. The Hall–Kier alpha value is -3.33. The summed E-state index contributed by atoms with van der Waals surface area (Å²) in [7, 11) is 0. The van der Waals surface area contributed by atoms with Crippen molar-refractivity contribution in [1.29, 1.82) is 0 Å². The van der Waals surface area contributed by atoms with Crippen molar-refractivity contribution in [1.82, 2.24) is 19.5 Å². The third kappa shape index (κ3) is 5.04. The van der Waals surface area contributed by atoms with Gasteiger partial charge < -0.3 is 15.8 Å². The number of rotatable bonds is 6. The molecule has 1 aromatic carbocycles. The highest BCUT2D eigenvalue weighted by Crippen LogP contribution is 2.32. The molecule has 1 aliphatic carbocycles. The van der Waals surface area contributed by atoms with Crippen LogP contribution >= 0.6 is 11.6 Å². The number of ether oxygens (including phenoxy) is 1. The number of nitrogens with one attached hydrogen (secondary N) is 1. The first-order chi connectivity index (χ1) is 18.4. The van der Waals surface area contributed by atoms with E-state index < -0.39 is 0 Å². The maximum atomic E-state index is 14.0. The second-order valence-electron chi connectivity index (χ2n) is 10.5. The number of halogens is 1. The minimum absolute atomic E-state index is 0.104. The minimum atomic E-state index is -0.104. The zero-order valence-corrected chi connectivity index (χ0v) is 22.1. The predicted octanol–water partition coefficient (Wildman–Crippen LogP) is 4.81. The largest absolute Gasteiger partial charge is 0.377 e. The Morgan fingerprint density at radius 3 is 2.61 bits per heavy atom. The number of hydrogen-bond donors (Lipinski definition) is 2. The number of nitrogens with two attached hydrogens (primary N) is 1. The molecule has 9 heteroatoms. The summed E-state index contributed by atoms with van der Waals surface area (Å²) in [6.07, 6.45) is 5.71. The van der Waals surface area contributed by atoms with Crippen molar-refractivity contribution >= 4 is 28.6 Å². The first-order valence-corrected chi connectivity index (χ1v) is 13.6. The van der Waals surface area contributed by atoms with Crippen LogP contribution in [0.1, 0.15) is 31.4 Å². The van der Waals surface area contributed by atoms with Gasteiger partial charge in [-0.05, 0) is 62.8 Å². The number of nitrogens with zero attached hydrogens (tertiary/aromatic N) is 4. The van der Waals surface area contributed by atoms with Gasteiger partial charge in [-0.15, -0.1) is 0 Å². The average molecular weight is 531 g/mol. The Kier molecular flexibility index (Phi) is 6.86. The van der Waals surface area contributed by atoms with Gasteiger partial charge in [-0.2, -0.15) is 4.98 Å². The lowest BCUT2D eigenvalue weighted by molar-refractivity contribution is 0.0208. The molecule has 0 bridgehead atoms. The molecular formula is C29H31ClN6O2. The molecule has 0 radical (unpaired) electrons. The highest BCUT2D eigenvalue weighted by atomic mass is 35.5. The number of benzene rings is 1. The van der Waals surface area contributed by atoms with Gasteiger partial charge in [0.2, 0.25) is 5.95 Å².